The highest BCUT2D eigenvalue weighted by Gasteiger charge is 2.09. The van der Waals surface area contributed by atoms with Crippen LogP contribution in [0.1, 0.15) is 0 Å². The Bertz CT molecular complexity index is 1440. The number of hydrogen-bond donors (Lipinski definition) is 3. The zero-order valence-electron chi connectivity index (χ0n) is 17.0. The Hall–Kier alpha value is -4.16. The second-order valence-corrected chi connectivity index (χ2v) is 7.76. The number of anilines is 4. The molecule has 5 rings (SSSR count). The Morgan fingerprint density at radius 1 is 0.688 bits per heavy atom. The molecular formula is C25H19ClN6. The van der Waals surface area contributed by atoms with E-state index in [9.17, 15) is 0 Å². The van der Waals surface area contributed by atoms with E-state index in [1.54, 1.807) is 0 Å². The van der Waals surface area contributed by atoms with Crippen LogP contribution >= 0.6 is 11.6 Å². The number of nitrogens with two attached hydrogens (primary N) is 2. The number of nitrogen functional groups attached to an aromatic ring is 2. The number of fused-ring (bicyclic) bond motifs is 1. The van der Waals surface area contributed by atoms with Crippen LogP contribution in [0.2, 0.25) is 5.02 Å². The quantitative estimate of drug-likeness (QED) is 0.322. The summed E-state index contributed by atoms with van der Waals surface area (Å²) in [6.45, 7) is 0. The van der Waals surface area contributed by atoms with Crippen molar-refractivity contribution in [3.05, 3.63) is 90.0 Å². The lowest BCUT2D eigenvalue weighted by Crippen LogP contribution is -2.02. The molecule has 0 aliphatic heterocycles. The summed E-state index contributed by atoms with van der Waals surface area (Å²) in [6.07, 6.45) is 0. The number of hydrogen-bond acceptors (Lipinski definition) is 6. The fraction of sp³-hybridized carbons (Fsp3) is 0. The molecule has 0 saturated heterocycles. The molecule has 5 N–H and O–H groups in total. The molecule has 0 aliphatic carbocycles. The van der Waals surface area contributed by atoms with E-state index in [-0.39, 0.29) is 5.95 Å². The predicted octanol–water partition coefficient (Wildman–Crippen LogP) is 5.92. The highest BCUT2D eigenvalue weighted by Crippen LogP contribution is 2.30. The molecule has 0 aliphatic rings. The molecule has 0 fully saturated rings. The summed E-state index contributed by atoms with van der Waals surface area (Å²) in [5, 5.41) is 4.77. The van der Waals surface area contributed by atoms with Crippen molar-refractivity contribution in [2.75, 3.05) is 16.8 Å². The standard InChI is InChI=1S/C25H19ClN6/c26-17-8-4-7-16(11-17)23-14-24(32-25(28)31-23)29-18-9-10-21-19(12-18)20(27)13-22(30-21)15-5-2-1-3-6-15/h1-14H,(H2,27,30)(H3,28,29,31,32). The van der Waals surface area contributed by atoms with Gasteiger partial charge in [-0.15, -0.1) is 0 Å². The third-order valence-electron chi connectivity index (χ3n) is 5.05. The lowest BCUT2D eigenvalue weighted by molar-refractivity contribution is 1.19. The van der Waals surface area contributed by atoms with Crippen LogP contribution in [0.15, 0.2) is 84.9 Å². The molecule has 6 nitrogen and oxygen atoms in total. The third kappa shape index (κ3) is 4.04. The van der Waals surface area contributed by atoms with E-state index in [2.05, 4.69) is 15.3 Å². The van der Waals surface area contributed by atoms with Gasteiger partial charge in [-0.2, -0.15) is 4.98 Å². The van der Waals surface area contributed by atoms with Crippen LogP contribution in [0.5, 0.6) is 0 Å². The highest BCUT2D eigenvalue weighted by molar-refractivity contribution is 6.30. The predicted molar refractivity (Wildman–Crippen MR) is 132 cm³/mol. The normalized spacial score (nSPS) is 10.9. The van der Waals surface area contributed by atoms with Gasteiger partial charge in [0.2, 0.25) is 5.95 Å². The molecule has 0 bridgehead atoms. The maximum atomic E-state index is 6.37. The number of halogens is 1. The molecule has 3 aromatic carbocycles. The Morgan fingerprint density at radius 2 is 1.47 bits per heavy atom. The van der Waals surface area contributed by atoms with Crippen molar-refractivity contribution >= 4 is 45.6 Å². The monoisotopic (exact) mass is 438 g/mol. The van der Waals surface area contributed by atoms with Crippen LogP contribution in [-0.4, -0.2) is 15.0 Å². The van der Waals surface area contributed by atoms with Crippen molar-refractivity contribution in [2.45, 2.75) is 0 Å². The minimum Gasteiger partial charge on any atom is -0.398 e. The average molecular weight is 439 g/mol. The van der Waals surface area contributed by atoms with Gasteiger partial charge in [-0.25, -0.2) is 9.97 Å². The van der Waals surface area contributed by atoms with Crippen LogP contribution in [0.4, 0.5) is 23.1 Å². The summed E-state index contributed by atoms with van der Waals surface area (Å²) >= 11 is 6.12. The molecule has 2 heterocycles. The molecule has 7 heteroatoms. The van der Waals surface area contributed by atoms with Gasteiger partial charge in [0.05, 0.1) is 16.9 Å². The van der Waals surface area contributed by atoms with Crippen molar-refractivity contribution in [2.24, 2.45) is 0 Å². The van der Waals surface area contributed by atoms with E-state index >= 15 is 0 Å². The Labute approximate surface area is 189 Å². The molecule has 0 radical (unpaired) electrons. The van der Waals surface area contributed by atoms with Gasteiger partial charge in [0.15, 0.2) is 0 Å². The van der Waals surface area contributed by atoms with Crippen LogP contribution in [0.25, 0.3) is 33.4 Å². The minimum atomic E-state index is 0.166. The van der Waals surface area contributed by atoms with Crippen LogP contribution < -0.4 is 16.8 Å². The summed E-state index contributed by atoms with van der Waals surface area (Å²) in [6, 6.07) is 26.9. The molecule has 0 saturated carbocycles. The number of benzene rings is 3. The zero-order chi connectivity index (χ0) is 22.1. The molecular weight excluding hydrogens is 420 g/mol. The molecule has 0 unspecified atom stereocenters. The second kappa shape index (κ2) is 8.17. The number of rotatable bonds is 4. The maximum absolute atomic E-state index is 6.37. The van der Waals surface area contributed by atoms with E-state index < -0.39 is 0 Å². The smallest absolute Gasteiger partial charge is 0.222 e. The maximum Gasteiger partial charge on any atom is 0.222 e. The summed E-state index contributed by atoms with van der Waals surface area (Å²) < 4.78 is 0. The lowest BCUT2D eigenvalue weighted by atomic mass is 10.1. The Morgan fingerprint density at radius 3 is 2.28 bits per heavy atom. The highest BCUT2D eigenvalue weighted by atomic mass is 35.5. The molecule has 2 aromatic heterocycles. The summed E-state index contributed by atoms with van der Waals surface area (Å²) in [4.78, 5) is 13.4. The number of pyridine rings is 1. The van der Waals surface area contributed by atoms with Gasteiger partial charge in [-0.05, 0) is 36.4 Å². The van der Waals surface area contributed by atoms with Crippen LogP contribution in [0, 0.1) is 0 Å². The van der Waals surface area contributed by atoms with Crippen molar-refractivity contribution in [1.82, 2.24) is 15.0 Å². The largest absolute Gasteiger partial charge is 0.398 e. The minimum absolute atomic E-state index is 0.166. The van der Waals surface area contributed by atoms with Crippen molar-refractivity contribution in [1.29, 1.82) is 0 Å². The average Bonchev–Trinajstić information content (AvgIpc) is 2.79. The molecule has 0 amide bonds. The first-order chi connectivity index (χ1) is 15.5. The summed E-state index contributed by atoms with van der Waals surface area (Å²) in [7, 11) is 0. The third-order valence-corrected chi connectivity index (χ3v) is 5.28. The molecule has 5 aromatic rings. The Balaban J connectivity index is 1.49. The first-order valence-electron chi connectivity index (χ1n) is 9.98. The number of aromatic nitrogens is 3. The Kier molecular flexibility index (Phi) is 5.05. The van der Waals surface area contributed by atoms with Crippen molar-refractivity contribution in [3.8, 4) is 22.5 Å². The molecule has 32 heavy (non-hydrogen) atoms. The molecule has 156 valence electrons. The lowest BCUT2D eigenvalue weighted by Gasteiger charge is -2.11. The topological polar surface area (TPSA) is 103 Å². The van der Waals surface area contributed by atoms with Gasteiger partial charge < -0.3 is 16.8 Å². The second-order valence-electron chi connectivity index (χ2n) is 7.33. The van der Waals surface area contributed by atoms with Crippen molar-refractivity contribution in [3.63, 3.8) is 0 Å². The van der Waals surface area contributed by atoms with Crippen molar-refractivity contribution < 1.29 is 0 Å². The van der Waals surface area contributed by atoms with E-state index in [0.717, 1.165) is 33.4 Å². The van der Waals surface area contributed by atoms with E-state index in [4.69, 9.17) is 28.1 Å². The molecule has 0 atom stereocenters. The first-order valence-corrected chi connectivity index (χ1v) is 10.4. The van der Waals surface area contributed by atoms with Crippen LogP contribution in [0.3, 0.4) is 0 Å². The van der Waals surface area contributed by atoms with Gasteiger partial charge in [-0.3, -0.25) is 0 Å². The van der Waals surface area contributed by atoms with E-state index in [1.807, 2.05) is 84.9 Å². The number of nitrogens with one attached hydrogen (secondary N) is 1. The van der Waals surface area contributed by atoms with Gasteiger partial charge in [0.1, 0.15) is 5.82 Å². The van der Waals surface area contributed by atoms with Gasteiger partial charge in [-0.1, -0.05) is 54.1 Å². The zero-order valence-corrected chi connectivity index (χ0v) is 17.7. The fourth-order valence-corrected chi connectivity index (χ4v) is 3.75. The van der Waals surface area contributed by atoms with Gasteiger partial charge >= 0.3 is 0 Å². The summed E-state index contributed by atoms with van der Waals surface area (Å²) in [5.41, 5.74) is 18.0. The van der Waals surface area contributed by atoms with Gasteiger partial charge in [0, 0.05) is 39.0 Å². The SMILES string of the molecule is Nc1nc(Nc2ccc3nc(-c4ccccc4)cc(N)c3c2)cc(-c2cccc(Cl)c2)n1. The molecule has 0 spiro atoms. The van der Waals surface area contributed by atoms with E-state index in [0.29, 0.717) is 22.2 Å². The van der Waals surface area contributed by atoms with Gasteiger partial charge in [0.25, 0.3) is 0 Å². The van der Waals surface area contributed by atoms with Crippen LogP contribution in [-0.2, 0) is 0 Å². The van der Waals surface area contributed by atoms with E-state index in [1.165, 1.54) is 0 Å². The number of nitrogens with zero attached hydrogens (tertiary/aromatic N) is 3. The summed E-state index contributed by atoms with van der Waals surface area (Å²) in [5.74, 6) is 0.735. The first kappa shape index (κ1) is 19.8. The fourth-order valence-electron chi connectivity index (χ4n) is 3.56.